The Labute approximate surface area is 159 Å². The highest BCUT2D eigenvalue weighted by Gasteiger charge is 2.09. The molecule has 0 bridgehead atoms. The number of carbonyl (C=O) groups is 2. The number of halogens is 2. The maximum atomic E-state index is 13.7. The summed E-state index contributed by atoms with van der Waals surface area (Å²) < 4.78 is 26.6. The first-order valence-corrected chi connectivity index (χ1v) is 8.28. The van der Waals surface area contributed by atoms with Gasteiger partial charge in [-0.1, -0.05) is 6.07 Å². The van der Waals surface area contributed by atoms with Crippen molar-refractivity contribution in [3.05, 3.63) is 78.0 Å². The zero-order valence-electron chi connectivity index (χ0n) is 14.8. The number of hydrogen-bond donors (Lipinski definition) is 3. The molecular weight excluding hydrogens is 366 g/mol. The predicted molar refractivity (Wildman–Crippen MR) is 103 cm³/mol. The third-order valence-corrected chi connectivity index (χ3v) is 3.66. The summed E-state index contributed by atoms with van der Waals surface area (Å²) in [4.78, 5) is 27.5. The largest absolute Gasteiger partial charge is 0.338 e. The molecule has 1 heterocycles. The van der Waals surface area contributed by atoms with Gasteiger partial charge < -0.3 is 16.0 Å². The lowest BCUT2D eigenvalue weighted by Gasteiger charge is -2.09. The second-order valence-corrected chi connectivity index (χ2v) is 5.90. The second kappa shape index (κ2) is 8.26. The maximum Gasteiger partial charge on any atom is 0.257 e. The molecule has 142 valence electrons. The van der Waals surface area contributed by atoms with Crippen LogP contribution < -0.4 is 16.0 Å². The molecule has 0 atom stereocenters. The fourth-order valence-corrected chi connectivity index (χ4v) is 2.41. The van der Waals surface area contributed by atoms with Crippen LogP contribution in [0.2, 0.25) is 0 Å². The lowest BCUT2D eigenvalue weighted by molar-refractivity contribution is -0.114. The number of anilines is 4. The Hall–Kier alpha value is -3.81. The fourth-order valence-electron chi connectivity index (χ4n) is 2.41. The molecule has 0 saturated heterocycles. The Bertz CT molecular complexity index is 1020. The minimum atomic E-state index is -0.748. The molecule has 0 spiro atoms. The Balaban J connectivity index is 1.67. The van der Waals surface area contributed by atoms with Gasteiger partial charge in [-0.25, -0.2) is 13.8 Å². The second-order valence-electron chi connectivity index (χ2n) is 5.90. The third kappa shape index (κ3) is 4.88. The van der Waals surface area contributed by atoms with Gasteiger partial charge in [0.15, 0.2) is 0 Å². The van der Waals surface area contributed by atoms with E-state index < -0.39 is 17.5 Å². The van der Waals surface area contributed by atoms with Crippen LogP contribution in [0.4, 0.5) is 31.7 Å². The normalized spacial score (nSPS) is 10.2. The van der Waals surface area contributed by atoms with E-state index in [4.69, 9.17) is 0 Å². The van der Waals surface area contributed by atoms with E-state index in [0.717, 1.165) is 12.1 Å². The Morgan fingerprint density at radius 3 is 2.32 bits per heavy atom. The Morgan fingerprint density at radius 2 is 1.68 bits per heavy atom. The minimum absolute atomic E-state index is 0.0703. The Kier molecular flexibility index (Phi) is 5.59. The van der Waals surface area contributed by atoms with Crippen LogP contribution in [0, 0.1) is 11.6 Å². The molecule has 0 aliphatic rings. The van der Waals surface area contributed by atoms with Crippen molar-refractivity contribution in [2.75, 3.05) is 16.0 Å². The van der Waals surface area contributed by atoms with Crippen molar-refractivity contribution in [1.82, 2.24) is 4.98 Å². The van der Waals surface area contributed by atoms with Crippen LogP contribution in [0.15, 0.2) is 60.8 Å². The van der Waals surface area contributed by atoms with E-state index in [9.17, 15) is 18.4 Å². The van der Waals surface area contributed by atoms with Crippen molar-refractivity contribution < 1.29 is 18.4 Å². The molecule has 0 radical (unpaired) electrons. The number of carbonyl (C=O) groups excluding carboxylic acids is 2. The zero-order valence-corrected chi connectivity index (χ0v) is 14.8. The molecule has 8 heteroatoms. The fraction of sp³-hybridized carbons (Fsp3) is 0.0500. The van der Waals surface area contributed by atoms with E-state index >= 15 is 0 Å². The van der Waals surface area contributed by atoms with Gasteiger partial charge in [0.1, 0.15) is 17.5 Å². The van der Waals surface area contributed by atoms with Crippen molar-refractivity contribution in [2.24, 2.45) is 0 Å². The average molecular weight is 382 g/mol. The SMILES string of the molecule is CC(=O)Nc1cccc(NC(=O)c2ccc(Nc3ccc(F)cc3F)nc2)c1. The van der Waals surface area contributed by atoms with Gasteiger partial charge in [-0.2, -0.15) is 0 Å². The summed E-state index contributed by atoms with van der Waals surface area (Å²) in [5.41, 5.74) is 1.42. The molecule has 3 aromatic rings. The molecule has 3 rings (SSSR count). The van der Waals surface area contributed by atoms with E-state index in [1.807, 2.05) is 0 Å². The summed E-state index contributed by atoms with van der Waals surface area (Å²) >= 11 is 0. The van der Waals surface area contributed by atoms with E-state index in [-0.39, 0.29) is 17.2 Å². The smallest absolute Gasteiger partial charge is 0.257 e. The van der Waals surface area contributed by atoms with Crippen LogP contribution >= 0.6 is 0 Å². The Morgan fingerprint density at radius 1 is 0.929 bits per heavy atom. The van der Waals surface area contributed by atoms with Crippen LogP contribution in [0.1, 0.15) is 17.3 Å². The summed E-state index contributed by atoms with van der Waals surface area (Å²) in [5.74, 6) is -1.73. The quantitative estimate of drug-likeness (QED) is 0.614. The highest BCUT2D eigenvalue weighted by molar-refractivity contribution is 6.04. The topological polar surface area (TPSA) is 83.1 Å². The standard InChI is InChI=1S/C20H16F2N4O2/c1-12(27)24-15-3-2-4-16(10-15)25-20(28)13-5-8-19(23-11-13)26-18-7-6-14(21)9-17(18)22/h2-11H,1H3,(H,23,26)(H,24,27)(H,25,28). The number of rotatable bonds is 5. The zero-order chi connectivity index (χ0) is 20.1. The van der Waals surface area contributed by atoms with Crippen molar-refractivity contribution in [1.29, 1.82) is 0 Å². The maximum absolute atomic E-state index is 13.7. The van der Waals surface area contributed by atoms with E-state index in [0.29, 0.717) is 17.2 Å². The van der Waals surface area contributed by atoms with Gasteiger partial charge in [-0.3, -0.25) is 9.59 Å². The lowest BCUT2D eigenvalue weighted by atomic mass is 10.2. The van der Waals surface area contributed by atoms with Crippen LogP contribution in [-0.2, 0) is 4.79 Å². The molecule has 0 aliphatic heterocycles. The summed E-state index contributed by atoms with van der Waals surface area (Å²) in [6.45, 7) is 1.39. The first kappa shape index (κ1) is 19.0. The van der Waals surface area contributed by atoms with E-state index in [2.05, 4.69) is 20.9 Å². The van der Waals surface area contributed by atoms with Crippen molar-refractivity contribution in [3.8, 4) is 0 Å². The monoisotopic (exact) mass is 382 g/mol. The molecule has 28 heavy (non-hydrogen) atoms. The van der Waals surface area contributed by atoms with Crippen LogP contribution in [0.25, 0.3) is 0 Å². The number of nitrogens with one attached hydrogen (secondary N) is 3. The number of amides is 2. The number of benzene rings is 2. The van der Waals surface area contributed by atoms with Gasteiger partial charge in [0.2, 0.25) is 5.91 Å². The average Bonchev–Trinajstić information content (AvgIpc) is 2.64. The molecule has 0 unspecified atom stereocenters. The molecule has 0 fully saturated rings. The van der Waals surface area contributed by atoms with Crippen molar-refractivity contribution in [3.63, 3.8) is 0 Å². The van der Waals surface area contributed by atoms with Crippen LogP contribution in [0.5, 0.6) is 0 Å². The first-order valence-electron chi connectivity index (χ1n) is 8.28. The third-order valence-electron chi connectivity index (χ3n) is 3.66. The van der Waals surface area contributed by atoms with Gasteiger partial charge in [-0.05, 0) is 42.5 Å². The molecule has 0 aliphatic carbocycles. The van der Waals surface area contributed by atoms with Gasteiger partial charge in [0.25, 0.3) is 5.91 Å². The summed E-state index contributed by atoms with van der Waals surface area (Å²) in [5, 5.41) is 8.05. The van der Waals surface area contributed by atoms with E-state index in [1.54, 1.807) is 24.3 Å². The molecular formula is C20H16F2N4O2. The number of nitrogens with zero attached hydrogens (tertiary/aromatic N) is 1. The molecule has 3 N–H and O–H groups in total. The molecule has 2 aromatic carbocycles. The number of hydrogen-bond acceptors (Lipinski definition) is 4. The number of pyridine rings is 1. The minimum Gasteiger partial charge on any atom is -0.338 e. The van der Waals surface area contributed by atoms with Gasteiger partial charge >= 0.3 is 0 Å². The van der Waals surface area contributed by atoms with E-state index in [1.165, 1.54) is 31.3 Å². The van der Waals surface area contributed by atoms with Crippen molar-refractivity contribution >= 4 is 34.7 Å². The van der Waals surface area contributed by atoms with Crippen molar-refractivity contribution in [2.45, 2.75) is 6.92 Å². The first-order chi connectivity index (χ1) is 13.4. The molecule has 0 saturated carbocycles. The van der Waals surface area contributed by atoms with Crippen LogP contribution in [0.3, 0.4) is 0 Å². The lowest BCUT2D eigenvalue weighted by Crippen LogP contribution is -2.13. The summed E-state index contributed by atoms with van der Waals surface area (Å²) in [6.07, 6.45) is 1.33. The summed E-state index contributed by atoms with van der Waals surface area (Å²) in [7, 11) is 0. The number of aromatic nitrogens is 1. The molecule has 6 nitrogen and oxygen atoms in total. The molecule has 1 aromatic heterocycles. The molecule has 2 amide bonds. The predicted octanol–water partition coefficient (Wildman–Crippen LogP) is 4.31. The van der Waals surface area contributed by atoms with Gasteiger partial charge in [-0.15, -0.1) is 0 Å². The van der Waals surface area contributed by atoms with Gasteiger partial charge in [0.05, 0.1) is 11.3 Å². The van der Waals surface area contributed by atoms with Crippen LogP contribution in [-0.4, -0.2) is 16.8 Å². The van der Waals surface area contributed by atoms with Gasteiger partial charge in [0, 0.05) is 30.6 Å². The summed E-state index contributed by atoms with van der Waals surface area (Å²) in [6, 6.07) is 12.9. The highest BCUT2D eigenvalue weighted by Crippen LogP contribution is 2.20. The highest BCUT2D eigenvalue weighted by atomic mass is 19.1.